The third-order valence-corrected chi connectivity index (χ3v) is 4.02. The number of rotatable bonds is 3. The number of anilines is 1. The van der Waals surface area contributed by atoms with E-state index in [-0.39, 0.29) is 11.9 Å². The van der Waals surface area contributed by atoms with Gasteiger partial charge in [0.05, 0.1) is 6.04 Å². The van der Waals surface area contributed by atoms with Crippen LogP contribution in [-0.4, -0.2) is 5.11 Å². The van der Waals surface area contributed by atoms with Gasteiger partial charge in [0.15, 0.2) is 5.11 Å². The maximum absolute atomic E-state index is 13.4. The molecule has 100 valence electrons. The number of thiocarbonyl (C=S) groups is 1. The molecule has 0 aliphatic carbocycles. The van der Waals surface area contributed by atoms with E-state index in [0.717, 1.165) is 0 Å². The third kappa shape index (κ3) is 3.75. The predicted octanol–water partition coefficient (Wildman–Crippen LogP) is 4.24. The number of halogens is 1. The van der Waals surface area contributed by atoms with Crippen molar-refractivity contribution in [2.24, 2.45) is 0 Å². The van der Waals surface area contributed by atoms with Gasteiger partial charge in [-0.2, -0.15) is 0 Å². The van der Waals surface area contributed by atoms with E-state index in [9.17, 15) is 4.39 Å². The molecule has 2 nitrogen and oxygen atoms in total. The molecule has 0 unspecified atom stereocenters. The van der Waals surface area contributed by atoms with Gasteiger partial charge < -0.3 is 10.6 Å². The summed E-state index contributed by atoms with van der Waals surface area (Å²) < 4.78 is 13.4. The van der Waals surface area contributed by atoms with E-state index in [2.05, 4.69) is 16.7 Å². The summed E-state index contributed by atoms with van der Waals surface area (Å²) in [5, 5.41) is 8.68. The van der Waals surface area contributed by atoms with Crippen molar-refractivity contribution in [1.29, 1.82) is 0 Å². The summed E-state index contributed by atoms with van der Waals surface area (Å²) in [5.41, 5.74) is 1.27. The Morgan fingerprint density at radius 3 is 2.79 bits per heavy atom. The Bertz CT molecular complexity index is 567. The minimum Gasteiger partial charge on any atom is -0.355 e. The van der Waals surface area contributed by atoms with Gasteiger partial charge in [-0.25, -0.2) is 4.39 Å². The number of aryl methyl sites for hydroxylation is 1. The van der Waals surface area contributed by atoms with Gasteiger partial charge in [-0.1, -0.05) is 12.1 Å². The van der Waals surface area contributed by atoms with Gasteiger partial charge in [0.2, 0.25) is 0 Å². The molecule has 19 heavy (non-hydrogen) atoms. The Kier molecular flexibility index (Phi) is 4.50. The van der Waals surface area contributed by atoms with E-state index in [1.54, 1.807) is 24.3 Å². The summed E-state index contributed by atoms with van der Waals surface area (Å²) in [4.78, 5) is 1.21. The van der Waals surface area contributed by atoms with Crippen LogP contribution in [0.4, 0.5) is 10.1 Å². The lowest BCUT2D eigenvalue weighted by Crippen LogP contribution is -2.30. The van der Waals surface area contributed by atoms with Crippen LogP contribution in [0.25, 0.3) is 0 Å². The highest BCUT2D eigenvalue weighted by molar-refractivity contribution is 7.80. The van der Waals surface area contributed by atoms with E-state index in [0.29, 0.717) is 16.4 Å². The summed E-state index contributed by atoms with van der Waals surface area (Å²) >= 11 is 6.90. The zero-order valence-electron chi connectivity index (χ0n) is 10.7. The van der Waals surface area contributed by atoms with E-state index < -0.39 is 0 Å². The molecule has 1 aromatic heterocycles. The lowest BCUT2D eigenvalue weighted by molar-refractivity contribution is 0.619. The van der Waals surface area contributed by atoms with Crippen molar-refractivity contribution in [1.82, 2.24) is 5.32 Å². The monoisotopic (exact) mass is 294 g/mol. The van der Waals surface area contributed by atoms with Crippen LogP contribution in [0.1, 0.15) is 23.4 Å². The molecule has 0 saturated heterocycles. The molecule has 1 heterocycles. The van der Waals surface area contributed by atoms with Gasteiger partial charge in [0, 0.05) is 10.6 Å². The zero-order chi connectivity index (χ0) is 13.8. The summed E-state index contributed by atoms with van der Waals surface area (Å²) in [6, 6.07) is 9.17. The lowest BCUT2D eigenvalue weighted by atomic mass is 10.2. The molecule has 0 amide bonds. The average molecular weight is 294 g/mol. The number of hydrogen-bond acceptors (Lipinski definition) is 2. The highest BCUT2D eigenvalue weighted by Crippen LogP contribution is 2.18. The molecule has 0 aliphatic rings. The van der Waals surface area contributed by atoms with Crippen LogP contribution < -0.4 is 10.6 Å². The maximum atomic E-state index is 13.4. The van der Waals surface area contributed by atoms with Gasteiger partial charge in [-0.3, -0.25) is 0 Å². The predicted molar refractivity (Wildman–Crippen MR) is 83.2 cm³/mol. The fourth-order valence-corrected chi connectivity index (χ4v) is 2.67. The standard InChI is InChI=1S/C14H15FN2S2/c1-9-5-6-11(8-12(9)15)17-14(18)16-10(2)13-4-3-7-19-13/h3-8,10H,1-2H3,(H2,16,17,18)/t10-/m0/s1. The molecule has 1 atom stereocenters. The van der Waals surface area contributed by atoms with Crippen LogP contribution in [0.15, 0.2) is 35.7 Å². The van der Waals surface area contributed by atoms with Crippen LogP contribution in [0.5, 0.6) is 0 Å². The molecule has 5 heteroatoms. The maximum Gasteiger partial charge on any atom is 0.171 e. The molecule has 0 saturated carbocycles. The van der Waals surface area contributed by atoms with E-state index in [1.807, 2.05) is 24.4 Å². The zero-order valence-corrected chi connectivity index (χ0v) is 12.4. The minimum atomic E-state index is -0.237. The second-order valence-corrected chi connectivity index (χ2v) is 5.69. The SMILES string of the molecule is Cc1ccc(NC(=S)N[C@@H](C)c2cccs2)cc1F. The molecule has 2 N–H and O–H groups in total. The Labute approximate surface area is 121 Å². The molecule has 0 aliphatic heterocycles. The fourth-order valence-electron chi connectivity index (χ4n) is 1.64. The molecule has 1 aromatic carbocycles. The Hall–Kier alpha value is -1.46. The van der Waals surface area contributed by atoms with Gasteiger partial charge >= 0.3 is 0 Å². The van der Waals surface area contributed by atoms with Crippen molar-refractivity contribution in [3.05, 3.63) is 52.0 Å². The van der Waals surface area contributed by atoms with Gasteiger partial charge in [-0.15, -0.1) is 11.3 Å². The van der Waals surface area contributed by atoms with Crippen molar-refractivity contribution < 1.29 is 4.39 Å². The van der Waals surface area contributed by atoms with Crippen LogP contribution in [-0.2, 0) is 0 Å². The first kappa shape index (κ1) is 14.0. The van der Waals surface area contributed by atoms with E-state index in [4.69, 9.17) is 12.2 Å². The first-order chi connectivity index (χ1) is 9.06. The first-order valence-corrected chi connectivity index (χ1v) is 7.22. The van der Waals surface area contributed by atoms with E-state index >= 15 is 0 Å². The molecular weight excluding hydrogens is 279 g/mol. The summed E-state index contributed by atoms with van der Waals surface area (Å²) in [7, 11) is 0. The largest absolute Gasteiger partial charge is 0.355 e. The quantitative estimate of drug-likeness (QED) is 0.828. The summed E-state index contributed by atoms with van der Waals surface area (Å²) in [6.07, 6.45) is 0. The second-order valence-electron chi connectivity index (χ2n) is 4.30. The van der Waals surface area contributed by atoms with Crippen LogP contribution in [0, 0.1) is 12.7 Å². The molecular formula is C14H15FN2S2. The smallest absolute Gasteiger partial charge is 0.171 e. The van der Waals surface area contributed by atoms with Crippen molar-refractivity contribution >= 4 is 34.4 Å². The van der Waals surface area contributed by atoms with E-state index in [1.165, 1.54) is 10.9 Å². The van der Waals surface area contributed by atoms with Gasteiger partial charge in [0.25, 0.3) is 0 Å². The molecule has 0 spiro atoms. The molecule has 2 rings (SSSR count). The van der Waals surface area contributed by atoms with Crippen LogP contribution in [0.3, 0.4) is 0 Å². The highest BCUT2D eigenvalue weighted by atomic mass is 32.1. The van der Waals surface area contributed by atoms with Crippen molar-refractivity contribution in [2.75, 3.05) is 5.32 Å². The first-order valence-electron chi connectivity index (χ1n) is 5.93. The van der Waals surface area contributed by atoms with Crippen LogP contribution in [0.2, 0.25) is 0 Å². The average Bonchev–Trinajstić information content (AvgIpc) is 2.87. The van der Waals surface area contributed by atoms with Gasteiger partial charge in [0.1, 0.15) is 5.82 Å². The third-order valence-electron chi connectivity index (χ3n) is 2.75. The summed E-state index contributed by atoms with van der Waals surface area (Å²) in [6.45, 7) is 3.77. The van der Waals surface area contributed by atoms with Crippen molar-refractivity contribution in [2.45, 2.75) is 19.9 Å². The number of hydrogen-bond donors (Lipinski definition) is 2. The molecule has 0 fully saturated rings. The van der Waals surface area contributed by atoms with Gasteiger partial charge in [-0.05, 0) is 55.2 Å². The number of thiophene rings is 1. The van der Waals surface area contributed by atoms with Crippen LogP contribution >= 0.6 is 23.6 Å². The second kappa shape index (κ2) is 6.12. The molecule has 0 bridgehead atoms. The van der Waals surface area contributed by atoms with Crippen molar-refractivity contribution in [3.63, 3.8) is 0 Å². The minimum absolute atomic E-state index is 0.135. The lowest BCUT2D eigenvalue weighted by Gasteiger charge is -2.16. The highest BCUT2D eigenvalue weighted by Gasteiger charge is 2.08. The molecule has 2 aromatic rings. The number of nitrogens with one attached hydrogen (secondary N) is 2. The topological polar surface area (TPSA) is 24.1 Å². The fraction of sp³-hybridized carbons (Fsp3) is 0.214. The molecule has 0 radical (unpaired) electrons. The summed E-state index contributed by atoms with van der Waals surface area (Å²) in [5.74, 6) is -0.237. The normalized spacial score (nSPS) is 11.9. The number of benzene rings is 1. The Morgan fingerprint density at radius 2 is 2.16 bits per heavy atom. The Balaban J connectivity index is 1.95. The Morgan fingerprint density at radius 1 is 1.37 bits per heavy atom. The van der Waals surface area contributed by atoms with Crippen molar-refractivity contribution in [3.8, 4) is 0 Å².